The van der Waals surface area contributed by atoms with E-state index in [2.05, 4.69) is 10.3 Å². The number of fused-ring (bicyclic) bond motifs is 1. The van der Waals surface area contributed by atoms with E-state index in [9.17, 15) is 14.4 Å². The topological polar surface area (TPSA) is 93.5 Å². The lowest BCUT2D eigenvalue weighted by Crippen LogP contribution is -2.36. The third-order valence-electron chi connectivity index (χ3n) is 4.57. The minimum Gasteiger partial charge on any atom is -0.495 e. The summed E-state index contributed by atoms with van der Waals surface area (Å²) in [7, 11) is 2.97. The van der Waals surface area contributed by atoms with Gasteiger partial charge in [0.15, 0.2) is 0 Å². The van der Waals surface area contributed by atoms with Gasteiger partial charge in [0.25, 0.3) is 5.56 Å². The molecule has 3 rings (SSSR count). The molecule has 30 heavy (non-hydrogen) atoms. The maximum absolute atomic E-state index is 13.1. The van der Waals surface area contributed by atoms with Crippen LogP contribution in [0.25, 0.3) is 11.0 Å². The lowest BCUT2D eigenvalue weighted by molar-refractivity contribution is -0.118. The molecule has 1 N–H and O–H groups in total. The molecule has 156 valence electrons. The zero-order chi connectivity index (χ0) is 21.8. The van der Waals surface area contributed by atoms with Gasteiger partial charge in [-0.3, -0.25) is 23.9 Å². The molecule has 3 aromatic rings. The Balaban J connectivity index is 2.02. The van der Waals surface area contributed by atoms with Crippen LogP contribution < -0.4 is 20.5 Å². The Kier molecular flexibility index (Phi) is 6.37. The Morgan fingerprint density at radius 1 is 1.23 bits per heavy atom. The molecule has 0 spiro atoms. The van der Waals surface area contributed by atoms with Crippen molar-refractivity contribution in [3.05, 3.63) is 57.8 Å². The van der Waals surface area contributed by atoms with E-state index >= 15 is 0 Å². The number of para-hydroxylation sites is 2. The number of anilines is 2. The number of aromatic nitrogens is 2. The molecule has 0 unspecified atom stereocenters. The number of halogens is 1. The number of nitrogens with one attached hydrogen (secondary N) is 1. The Hall–Kier alpha value is -3.39. The SMILES string of the molecule is CCC(=O)N(C)c1nc2ccccc2n(CC(=O)Nc2cc(Cl)ccc2OC)c1=O. The van der Waals surface area contributed by atoms with E-state index in [0.717, 1.165) is 0 Å². The number of carbonyl (C=O) groups excluding carboxylic acids is 2. The van der Waals surface area contributed by atoms with Gasteiger partial charge in [-0.05, 0) is 30.3 Å². The van der Waals surface area contributed by atoms with E-state index in [0.29, 0.717) is 27.5 Å². The van der Waals surface area contributed by atoms with Gasteiger partial charge < -0.3 is 10.1 Å². The smallest absolute Gasteiger partial charge is 0.294 e. The molecular weight excluding hydrogens is 408 g/mol. The molecule has 0 atom stereocenters. The normalized spacial score (nSPS) is 10.7. The fourth-order valence-electron chi connectivity index (χ4n) is 3.02. The van der Waals surface area contributed by atoms with E-state index in [-0.39, 0.29) is 24.7 Å². The van der Waals surface area contributed by atoms with Crippen LogP contribution in [0.4, 0.5) is 11.5 Å². The first-order valence-electron chi connectivity index (χ1n) is 9.25. The standard InChI is InChI=1S/C21H21ClN4O4/c1-4-19(28)25(2)20-21(29)26(16-8-6-5-7-14(16)24-20)12-18(27)23-15-11-13(22)9-10-17(15)30-3/h5-11H,4,12H2,1-3H3,(H,23,27). The Morgan fingerprint density at radius 3 is 2.67 bits per heavy atom. The first kappa shape index (κ1) is 21.3. The maximum Gasteiger partial charge on any atom is 0.294 e. The molecule has 9 heteroatoms. The third kappa shape index (κ3) is 4.28. The number of methoxy groups -OCH3 is 1. The number of carbonyl (C=O) groups is 2. The summed E-state index contributed by atoms with van der Waals surface area (Å²) in [4.78, 5) is 43.5. The monoisotopic (exact) mass is 428 g/mol. The molecule has 0 bridgehead atoms. The Labute approximate surface area is 178 Å². The zero-order valence-corrected chi connectivity index (χ0v) is 17.6. The second-order valence-electron chi connectivity index (χ2n) is 6.51. The number of hydrogen-bond donors (Lipinski definition) is 1. The van der Waals surface area contributed by atoms with E-state index in [1.165, 1.54) is 23.6 Å². The van der Waals surface area contributed by atoms with Crippen molar-refractivity contribution in [2.45, 2.75) is 19.9 Å². The molecule has 0 saturated carbocycles. The predicted molar refractivity (Wildman–Crippen MR) is 116 cm³/mol. The van der Waals surface area contributed by atoms with Crippen LogP contribution in [0.5, 0.6) is 5.75 Å². The van der Waals surface area contributed by atoms with E-state index in [4.69, 9.17) is 16.3 Å². The van der Waals surface area contributed by atoms with Gasteiger partial charge in [0.2, 0.25) is 17.6 Å². The summed E-state index contributed by atoms with van der Waals surface area (Å²) < 4.78 is 6.53. The van der Waals surface area contributed by atoms with Crippen LogP contribution in [0.3, 0.4) is 0 Å². The summed E-state index contributed by atoms with van der Waals surface area (Å²) in [5.41, 5.74) is 0.832. The molecule has 0 aliphatic heterocycles. The van der Waals surface area contributed by atoms with Crippen LogP contribution in [0, 0.1) is 0 Å². The average Bonchev–Trinajstić information content (AvgIpc) is 2.74. The highest BCUT2D eigenvalue weighted by Gasteiger charge is 2.20. The van der Waals surface area contributed by atoms with Crippen molar-refractivity contribution in [3.63, 3.8) is 0 Å². The fourth-order valence-corrected chi connectivity index (χ4v) is 3.19. The predicted octanol–water partition coefficient (Wildman–Crippen LogP) is 3.07. The van der Waals surface area contributed by atoms with Crippen LogP contribution >= 0.6 is 11.6 Å². The first-order valence-corrected chi connectivity index (χ1v) is 9.63. The molecule has 2 amide bonds. The summed E-state index contributed by atoms with van der Waals surface area (Å²) in [5.74, 6) is -0.304. The third-order valence-corrected chi connectivity index (χ3v) is 4.80. The van der Waals surface area contributed by atoms with Crippen LogP contribution in [-0.4, -0.2) is 35.5 Å². The Morgan fingerprint density at radius 2 is 1.97 bits per heavy atom. The highest BCUT2D eigenvalue weighted by Crippen LogP contribution is 2.27. The van der Waals surface area contributed by atoms with Crippen molar-refractivity contribution in [1.29, 1.82) is 0 Å². The van der Waals surface area contributed by atoms with Crippen LogP contribution in [0.2, 0.25) is 5.02 Å². The van der Waals surface area contributed by atoms with Gasteiger partial charge in [-0.15, -0.1) is 0 Å². The minimum atomic E-state index is -0.536. The molecule has 1 aromatic heterocycles. The number of hydrogen-bond acceptors (Lipinski definition) is 5. The largest absolute Gasteiger partial charge is 0.495 e. The van der Waals surface area contributed by atoms with Crippen molar-refractivity contribution in [1.82, 2.24) is 9.55 Å². The van der Waals surface area contributed by atoms with Crippen molar-refractivity contribution >= 4 is 46.0 Å². The number of ether oxygens (including phenoxy) is 1. The fraction of sp³-hybridized carbons (Fsp3) is 0.238. The summed E-state index contributed by atoms with van der Waals surface area (Å²) in [6.45, 7) is 1.42. The molecule has 0 aliphatic rings. The number of rotatable bonds is 6. The van der Waals surface area contributed by atoms with Gasteiger partial charge in [-0.1, -0.05) is 30.7 Å². The highest BCUT2D eigenvalue weighted by molar-refractivity contribution is 6.31. The van der Waals surface area contributed by atoms with Gasteiger partial charge in [0.1, 0.15) is 12.3 Å². The van der Waals surface area contributed by atoms with Crippen molar-refractivity contribution in [3.8, 4) is 5.75 Å². The molecule has 1 heterocycles. The van der Waals surface area contributed by atoms with Crippen molar-refractivity contribution in [2.75, 3.05) is 24.4 Å². The summed E-state index contributed by atoms with van der Waals surface area (Å²) in [6, 6.07) is 11.8. The molecule has 0 radical (unpaired) electrons. The van der Waals surface area contributed by atoms with E-state index in [1.807, 2.05) is 0 Å². The molecule has 0 aliphatic carbocycles. The average molecular weight is 429 g/mol. The van der Waals surface area contributed by atoms with Crippen LogP contribution in [0.15, 0.2) is 47.3 Å². The number of nitrogens with zero attached hydrogens (tertiary/aromatic N) is 3. The van der Waals surface area contributed by atoms with Crippen molar-refractivity contribution in [2.24, 2.45) is 0 Å². The van der Waals surface area contributed by atoms with Gasteiger partial charge in [0.05, 0.1) is 23.8 Å². The van der Waals surface area contributed by atoms with E-state index in [1.54, 1.807) is 49.4 Å². The zero-order valence-electron chi connectivity index (χ0n) is 16.8. The number of benzene rings is 2. The lowest BCUT2D eigenvalue weighted by Gasteiger charge is -2.18. The van der Waals surface area contributed by atoms with Gasteiger partial charge in [-0.25, -0.2) is 4.98 Å². The molecule has 0 fully saturated rings. The lowest BCUT2D eigenvalue weighted by atomic mass is 10.2. The van der Waals surface area contributed by atoms with Crippen LogP contribution in [0.1, 0.15) is 13.3 Å². The minimum absolute atomic E-state index is 0.0336. The molecule has 8 nitrogen and oxygen atoms in total. The summed E-state index contributed by atoms with van der Waals surface area (Å²) in [5, 5.41) is 3.15. The summed E-state index contributed by atoms with van der Waals surface area (Å²) in [6.07, 6.45) is 0.222. The van der Waals surface area contributed by atoms with Gasteiger partial charge >= 0.3 is 0 Å². The van der Waals surface area contributed by atoms with Crippen molar-refractivity contribution < 1.29 is 14.3 Å². The molecule has 0 saturated heterocycles. The quantitative estimate of drug-likeness (QED) is 0.651. The highest BCUT2D eigenvalue weighted by atomic mass is 35.5. The van der Waals surface area contributed by atoms with Gasteiger partial charge in [-0.2, -0.15) is 0 Å². The Bertz CT molecular complexity index is 1180. The maximum atomic E-state index is 13.1. The summed E-state index contributed by atoms with van der Waals surface area (Å²) >= 11 is 6.01. The van der Waals surface area contributed by atoms with Crippen LogP contribution in [-0.2, 0) is 16.1 Å². The first-order chi connectivity index (χ1) is 14.3. The second kappa shape index (κ2) is 8.96. The molecular formula is C21H21ClN4O4. The second-order valence-corrected chi connectivity index (χ2v) is 6.95. The number of amides is 2. The molecule has 2 aromatic carbocycles. The van der Waals surface area contributed by atoms with E-state index < -0.39 is 11.5 Å². The van der Waals surface area contributed by atoms with Gasteiger partial charge in [0, 0.05) is 18.5 Å².